The zero-order chi connectivity index (χ0) is 16.3. The Kier molecular flexibility index (Phi) is 6.05. The molecule has 0 radical (unpaired) electrons. The molecule has 0 fully saturated rings. The lowest BCUT2D eigenvalue weighted by Gasteiger charge is -2.10. The number of hydrogen-bond acceptors (Lipinski definition) is 5. The van der Waals surface area contributed by atoms with Crippen molar-refractivity contribution >= 4 is 30.8 Å². The Hall–Kier alpha value is -0.810. The van der Waals surface area contributed by atoms with Crippen LogP contribution in [-0.2, 0) is 30.8 Å². The van der Waals surface area contributed by atoms with Gasteiger partial charge in [0, 0.05) is 28.9 Å². The lowest BCUT2D eigenvalue weighted by Crippen LogP contribution is -2.27. The molecule has 0 saturated carbocycles. The van der Waals surface area contributed by atoms with Crippen LogP contribution in [0.4, 0.5) is 0 Å². The molecule has 1 aromatic carbocycles. The van der Waals surface area contributed by atoms with Gasteiger partial charge in [0.25, 0.3) is 0 Å². The van der Waals surface area contributed by atoms with E-state index in [-0.39, 0.29) is 21.6 Å². The average Bonchev–Trinajstić information content (AvgIpc) is 2.37. The zero-order valence-corrected chi connectivity index (χ0v) is 14.1. The Morgan fingerprint density at radius 2 is 1.62 bits per heavy atom. The molecular weight excluding hydrogens is 336 g/mol. The molecule has 0 aliphatic carbocycles. The Morgan fingerprint density at radius 3 is 2.05 bits per heavy atom. The van der Waals surface area contributed by atoms with E-state index in [0.717, 1.165) is 12.1 Å². The summed E-state index contributed by atoms with van der Waals surface area (Å²) in [6.45, 7) is 1.92. The van der Waals surface area contributed by atoms with Crippen LogP contribution >= 0.6 is 0 Å². The van der Waals surface area contributed by atoms with Crippen LogP contribution < -0.4 is 9.86 Å². The van der Waals surface area contributed by atoms with Gasteiger partial charge in [-0.3, -0.25) is 4.21 Å². The van der Waals surface area contributed by atoms with Crippen molar-refractivity contribution in [1.29, 1.82) is 0 Å². The topological polar surface area (TPSA) is 123 Å². The molecule has 0 bridgehead atoms. The molecule has 2 atom stereocenters. The highest BCUT2D eigenvalue weighted by molar-refractivity contribution is 7.89. The molecule has 3 N–H and O–H groups in total. The van der Waals surface area contributed by atoms with Gasteiger partial charge in [0.05, 0.1) is 9.79 Å². The maximum atomic E-state index is 12.0. The van der Waals surface area contributed by atoms with E-state index in [1.165, 1.54) is 12.1 Å². The number of rotatable bonds is 7. The summed E-state index contributed by atoms with van der Waals surface area (Å²) in [5, 5.41) is 4.82. The highest BCUT2D eigenvalue weighted by Gasteiger charge is 2.16. The summed E-state index contributed by atoms with van der Waals surface area (Å²) in [4.78, 5) is -0.211. The van der Waals surface area contributed by atoms with Crippen LogP contribution in [0.2, 0.25) is 0 Å². The molecule has 0 aliphatic rings. The van der Waals surface area contributed by atoms with Crippen molar-refractivity contribution in [3.05, 3.63) is 24.3 Å². The van der Waals surface area contributed by atoms with Gasteiger partial charge in [0.2, 0.25) is 20.0 Å². The Morgan fingerprint density at radius 1 is 1.14 bits per heavy atom. The Bertz CT molecular complexity index is 711. The first-order valence-electron chi connectivity index (χ1n) is 5.99. The molecule has 21 heavy (non-hydrogen) atoms. The summed E-state index contributed by atoms with van der Waals surface area (Å²) in [6.07, 6.45) is 2.00. The Balaban J connectivity index is 2.77. The van der Waals surface area contributed by atoms with Gasteiger partial charge in [0.1, 0.15) is 0 Å². The fraction of sp³-hybridized carbons (Fsp3) is 0.455. The predicted octanol–water partition coefficient (Wildman–Crippen LogP) is -0.231. The van der Waals surface area contributed by atoms with Gasteiger partial charge >= 0.3 is 0 Å². The summed E-state index contributed by atoms with van der Waals surface area (Å²) >= 11 is 0. The van der Waals surface area contributed by atoms with E-state index in [4.69, 9.17) is 5.14 Å². The van der Waals surface area contributed by atoms with Crippen molar-refractivity contribution < 1.29 is 21.0 Å². The van der Waals surface area contributed by atoms with E-state index in [1.807, 2.05) is 0 Å². The van der Waals surface area contributed by atoms with Crippen molar-refractivity contribution in [3.63, 3.8) is 0 Å². The van der Waals surface area contributed by atoms with Crippen molar-refractivity contribution in [2.75, 3.05) is 12.8 Å². The number of nitrogens with two attached hydrogens (primary N) is 1. The molecular formula is C11H18N2O5S3. The summed E-state index contributed by atoms with van der Waals surface area (Å²) in [5.74, 6) is 0. The molecule has 2 unspecified atom stereocenters. The highest BCUT2D eigenvalue weighted by Crippen LogP contribution is 2.13. The van der Waals surface area contributed by atoms with E-state index in [9.17, 15) is 21.0 Å². The van der Waals surface area contributed by atoms with Gasteiger partial charge in [-0.05, 0) is 30.7 Å². The van der Waals surface area contributed by atoms with Gasteiger partial charge in [0.15, 0.2) is 0 Å². The SMILES string of the molecule is CC(CCNS(=O)(=O)c1ccc(S(N)(=O)=O)cc1)S(C)=O. The van der Waals surface area contributed by atoms with E-state index in [0.29, 0.717) is 6.42 Å². The third-order valence-electron chi connectivity index (χ3n) is 2.87. The molecule has 0 amide bonds. The fourth-order valence-corrected chi connectivity index (χ4v) is 3.47. The fourth-order valence-electron chi connectivity index (χ4n) is 1.45. The molecule has 10 heteroatoms. The van der Waals surface area contributed by atoms with Crippen molar-refractivity contribution in [2.24, 2.45) is 5.14 Å². The number of hydrogen-bond donors (Lipinski definition) is 2. The van der Waals surface area contributed by atoms with Gasteiger partial charge in [-0.15, -0.1) is 0 Å². The minimum atomic E-state index is -3.85. The van der Waals surface area contributed by atoms with Crippen LogP contribution in [0.5, 0.6) is 0 Å². The molecule has 0 spiro atoms. The number of benzene rings is 1. The highest BCUT2D eigenvalue weighted by atomic mass is 32.2. The molecule has 1 aromatic rings. The minimum absolute atomic E-state index is 0.0554. The van der Waals surface area contributed by atoms with Crippen LogP contribution in [0.15, 0.2) is 34.1 Å². The van der Waals surface area contributed by atoms with E-state index in [1.54, 1.807) is 13.2 Å². The third kappa shape index (κ3) is 5.47. The summed E-state index contributed by atoms with van der Waals surface area (Å²) in [6, 6.07) is 4.61. The van der Waals surface area contributed by atoms with E-state index in [2.05, 4.69) is 4.72 Å². The quantitative estimate of drug-likeness (QED) is 0.700. The summed E-state index contributed by atoms with van der Waals surface area (Å²) < 4.78 is 59.7. The Labute approximate surface area is 127 Å². The maximum absolute atomic E-state index is 12.0. The van der Waals surface area contributed by atoms with Gasteiger partial charge < -0.3 is 0 Å². The van der Waals surface area contributed by atoms with Crippen molar-refractivity contribution in [2.45, 2.75) is 28.4 Å². The van der Waals surface area contributed by atoms with Gasteiger partial charge in [-0.25, -0.2) is 26.7 Å². The van der Waals surface area contributed by atoms with E-state index < -0.39 is 30.8 Å². The minimum Gasteiger partial charge on any atom is -0.260 e. The van der Waals surface area contributed by atoms with Crippen LogP contribution in [0.3, 0.4) is 0 Å². The molecule has 0 aliphatic heterocycles. The zero-order valence-electron chi connectivity index (χ0n) is 11.6. The largest absolute Gasteiger partial charge is 0.260 e. The van der Waals surface area contributed by atoms with Gasteiger partial charge in [-0.1, -0.05) is 6.92 Å². The lowest BCUT2D eigenvalue weighted by molar-refractivity contribution is 0.577. The molecule has 0 aromatic heterocycles. The van der Waals surface area contributed by atoms with Crippen LogP contribution in [0.1, 0.15) is 13.3 Å². The predicted molar refractivity (Wildman–Crippen MR) is 81.1 cm³/mol. The third-order valence-corrected chi connectivity index (χ3v) is 6.65. The van der Waals surface area contributed by atoms with Gasteiger partial charge in [-0.2, -0.15) is 0 Å². The number of nitrogens with one attached hydrogen (secondary N) is 1. The lowest BCUT2D eigenvalue weighted by atomic mass is 10.3. The second-order valence-corrected chi connectivity index (χ2v) is 9.64. The van der Waals surface area contributed by atoms with Crippen LogP contribution in [-0.4, -0.2) is 39.1 Å². The monoisotopic (exact) mass is 354 g/mol. The molecule has 7 nitrogen and oxygen atoms in total. The second-order valence-electron chi connectivity index (χ2n) is 4.51. The first-order valence-corrected chi connectivity index (χ1v) is 10.6. The molecule has 1 rings (SSSR count). The second kappa shape index (κ2) is 6.97. The van der Waals surface area contributed by atoms with Crippen LogP contribution in [0.25, 0.3) is 0 Å². The first-order chi connectivity index (χ1) is 9.54. The standard InChI is InChI=1S/C11H18N2O5S3/c1-9(19(2)14)7-8-13-21(17,18)11-5-3-10(4-6-11)20(12,15)16/h3-6,9,13H,7-8H2,1-2H3,(H2,12,15,16). The average molecular weight is 354 g/mol. The normalized spacial score (nSPS) is 15.6. The van der Waals surface area contributed by atoms with Crippen molar-refractivity contribution in [3.8, 4) is 0 Å². The maximum Gasteiger partial charge on any atom is 0.240 e. The summed E-state index contributed by atoms with van der Waals surface area (Å²) in [7, 11) is -8.59. The van der Waals surface area contributed by atoms with E-state index >= 15 is 0 Å². The number of sulfonamides is 2. The molecule has 0 saturated heterocycles. The smallest absolute Gasteiger partial charge is 0.240 e. The first kappa shape index (κ1) is 18.2. The van der Waals surface area contributed by atoms with Crippen LogP contribution in [0, 0.1) is 0 Å². The number of primary sulfonamides is 1. The van der Waals surface area contributed by atoms with Crippen molar-refractivity contribution in [1.82, 2.24) is 4.72 Å². The molecule has 0 heterocycles. The summed E-state index contributed by atoms with van der Waals surface area (Å²) in [5.41, 5.74) is 0. The molecule has 120 valence electrons.